The van der Waals surface area contributed by atoms with Crippen molar-refractivity contribution in [2.75, 3.05) is 12.4 Å². The van der Waals surface area contributed by atoms with Gasteiger partial charge in [-0.3, -0.25) is 0 Å². The van der Waals surface area contributed by atoms with Gasteiger partial charge < -0.3 is 15.1 Å². The van der Waals surface area contributed by atoms with Crippen LogP contribution in [0.25, 0.3) is 0 Å². The van der Waals surface area contributed by atoms with Gasteiger partial charge in [0.15, 0.2) is 0 Å². The highest BCUT2D eigenvalue weighted by atomic mass is 16.4. The van der Waals surface area contributed by atoms with E-state index in [2.05, 4.69) is 39.9 Å². The molecule has 0 saturated carbocycles. The van der Waals surface area contributed by atoms with E-state index in [1.807, 2.05) is 19.2 Å². The molecule has 0 bridgehead atoms. The first-order chi connectivity index (χ1) is 8.31. The summed E-state index contributed by atoms with van der Waals surface area (Å²) >= 11 is 0. The molecule has 90 valence electrons. The van der Waals surface area contributed by atoms with Crippen molar-refractivity contribution < 1.29 is 4.42 Å². The molecule has 0 aliphatic rings. The molecule has 1 heterocycles. The van der Waals surface area contributed by atoms with Gasteiger partial charge in [-0.05, 0) is 31.2 Å². The van der Waals surface area contributed by atoms with Crippen LogP contribution in [0.15, 0.2) is 28.7 Å². The zero-order valence-electron chi connectivity index (χ0n) is 10.0. The highest BCUT2D eigenvalue weighted by Crippen LogP contribution is 2.16. The normalized spacial score (nSPS) is 10.5. The van der Waals surface area contributed by atoms with Crippen LogP contribution in [0, 0.1) is 0 Å². The SMILES string of the molecule is CCc1cccc(Nc2nnc(CNC)o2)c1. The molecule has 0 saturated heterocycles. The molecule has 2 aromatic rings. The monoisotopic (exact) mass is 232 g/mol. The molecule has 0 atom stereocenters. The molecule has 0 fully saturated rings. The Kier molecular flexibility index (Phi) is 3.72. The van der Waals surface area contributed by atoms with Crippen LogP contribution >= 0.6 is 0 Å². The van der Waals surface area contributed by atoms with Crippen molar-refractivity contribution in [3.8, 4) is 0 Å². The van der Waals surface area contributed by atoms with Gasteiger partial charge in [0.05, 0.1) is 6.54 Å². The van der Waals surface area contributed by atoms with Crippen molar-refractivity contribution in [2.24, 2.45) is 0 Å². The second-order valence-electron chi connectivity index (χ2n) is 3.71. The first-order valence-electron chi connectivity index (χ1n) is 5.64. The molecule has 0 amide bonds. The molecule has 5 nitrogen and oxygen atoms in total. The molecule has 17 heavy (non-hydrogen) atoms. The molecule has 5 heteroatoms. The predicted octanol–water partition coefficient (Wildman–Crippen LogP) is 2.09. The van der Waals surface area contributed by atoms with Crippen molar-refractivity contribution in [1.82, 2.24) is 15.5 Å². The highest BCUT2D eigenvalue weighted by molar-refractivity contribution is 5.52. The van der Waals surface area contributed by atoms with Gasteiger partial charge in [0, 0.05) is 5.69 Å². The number of aromatic nitrogens is 2. The van der Waals surface area contributed by atoms with Crippen LogP contribution in [-0.2, 0) is 13.0 Å². The van der Waals surface area contributed by atoms with E-state index >= 15 is 0 Å². The number of hydrogen-bond donors (Lipinski definition) is 2. The molecule has 2 rings (SSSR count). The Morgan fingerprint density at radius 2 is 2.18 bits per heavy atom. The maximum absolute atomic E-state index is 5.41. The minimum Gasteiger partial charge on any atom is -0.406 e. The van der Waals surface area contributed by atoms with E-state index in [9.17, 15) is 0 Å². The van der Waals surface area contributed by atoms with Crippen LogP contribution in [0.5, 0.6) is 0 Å². The molecule has 2 N–H and O–H groups in total. The lowest BCUT2D eigenvalue weighted by Crippen LogP contribution is -2.04. The summed E-state index contributed by atoms with van der Waals surface area (Å²) in [5.41, 5.74) is 2.23. The number of nitrogens with one attached hydrogen (secondary N) is 2. The van der Waals surface area contributed by atoms with Gasteiger partial charge in [0.25, 0.3) is 0 Å². The van der Waals surface area contributed by atoms with E-state index in [0.29, 0.717) is 18.5 Å². The van der Waals surface area contributed by atoms with Crippen molar-refractivity contribution >= 4 is 11.7 Å². The zero-order chi connectivity index (χ0) is 12.1. The predicted molar refractivity (Wildman–Crippen MR) is 66.2 cm³/mol. The minimum absolute atomic E-state index is 0.420. The first kappa shape index (κ1) is 11.6. The van der Waals surface area contributed by atoms with Crippen LogP contribution in [0.2, 0.25) is 0 Å². The van der Waals surface area contributed by atoms with Crippen LogP contribution < -0.4 is 10.6 Å². The minimum atomic E-state index is 0.420. The Balaban J connectivity index is 2.08. The molecule has 1 aromatic carbocycles. The summed E-state index contributed by atoms with van der Waals surface area (Å²) in [6.45, 7) is 2.69. The number of nitrogens with zero attached hydrogens (tertiary/aromatic N) is 2. The average molecular weight is 232 g/mol. The maximum atomic E-state index is 5.41. The third kappa shape index (κ3) is 3.04. The number of hydrogen-bond acceptors (Lipinski definition) is 5. The standard InChI is InChI=1S/C12H16N4O/c1-3-9-5-4-6-10(7-9)14-12-16-15-11(17-12)8-13-2/h4-7,13H,3,8H2,1-2H3,(H,14,16). The molecule has 0 spiro atoms. The summed E-state index contributed by atoms with van der Waals surface area (Å²) in [7, 11) is 1.84. The van der Waals surface area contributed by atoms with Crippen molar-refractivity contribution in [3.05, 3.63) is 35.7 Å². The number of anilines is 2. The summed E-state index contributed by atoms with van der Waals surface area (Å²) in [4.78, 5) is 0. The number of benzene rings is 1. The molecule has 0 aliphatic carbocycles. The quantitative estimate of drug-likeness (QED) is 0.826. The largest absolute Gasteiger partial charge is 0.406 e. The topological polar surface area (TPSA) is 63.0 Å². The lowest BCUT2D eigenvalue weighted by molar-refractivity contribution is 0.493. The van der Waals surface area contributed by atoms with Crippen molar-refractivity contribution in [2.45, 2.75) is 19.9 Å². The van der Waals surface area contributed by atoms with Gasteiger partial charge in [-0.25, -0.2) is 0 Å². The molecular weight excluding hydrogens is 216 g/mol. The van der Waals surface area contributed by atoms with Gasteiger partial charge in [0.2, 0.25) is 5.89 Å². The fourth-order valence-corrected chi connectivity index (χ4v) is 1.52. The van der Waals surface area contributed by atoms with E-state index in [1.165, 1.54) is 5.56 Å². The highest BCUT2D eigenvalue weighted by Gasteiger charge is 2.05. The summed E-state index contributed by atoms with van der Waals surface area (Å²) in [5, 5.41) is 13.9. The summed E-state index contributed by atoms with van der Waals surface area (Å²) in [5.74, 6) is 0.571. The second kappa shape index (κ2) is 5.45. The fourth-order valence-electron chi connectivity index (χ4n) is 1.52. The second-order valence-corrected chi connectivity index (χ2v) is 3.71. The van der Waals surface area contributed by atoms with E-state index in [0.717, 1.165) is 12.1 Å². The van der Waals surface area contributed by atoms with Gasteiger partial charge >= 0.3 is 6.01 Å². The number of aryl methyl sites for hydroxylation is 1. The van der Waals surface area contributed by atoms with Crippen molar-refractivity contribution in [3.63, 3.8) is 0 Å². The van der Waals surface area contributed by atoms with Crippen LogP contribution in [-0.4, -0.2) is 17.2 Å². The fraction of sp³-hybridized carbons (Fsp3) is 0.333. The Morgan fingerprint density at radius 3 is 2.94 bits per heavy atom. The Morgan fingerprint density at radius 1 is 1.29 bits per heavy atom. The van der Waals surface area contributed by atoms with Crippen LogP contribution in [0.3, 0.4) is 0 Å². The smallest absolute Gasteiger partial charge is 0.320 e. The zero-order valence-corrected chi connectivity index (χ0v) is 10.0. The van der Waals surface area contributed by atoms with E-state index in [-0.39, 0.29) is 0 Å². The summed E-state index contributed by atoms with van der Waals surface area (Å²) in [6.07, 6.45) is 1.00. The van der Waals surface area contributed by atoms with E-state index in [4.69, 9.17) is 4.42 Å². The van der Waals surface area contributed by atoms with E-state index < -0.39 is 0 Å². The Bertz CT molecular complexity index is 481. The molecule has 0 radical (unpaired) electrons. The third-order valence-electron chi connectivity index (χ3n) is 2.38. The maximum Gasteiger partial charge on any atom is 0.320 e. The van der Waals surface area contributed by atoms with Crippen LogP contribution in [0.4, 0.5) is 11.7 Å². The molecule has 0 unspecified atom stereocenters. The summed E-state index contributed by atoms with van der Waals surface area (Å²) in [6, 6.07) is 8.56. The first-order valence-corrected chi connectivity index (χ1v) is 5.64. The lowest BCUT2D eigenvalue weighted by Gasteiger charge is -2.02. The number of rotatable bonds is 5. The molecular formula is C12H16N4O. The Hall–Kier alpha value is -1.88. The van der Waals surface area contributed by atoms with Gasteiger partial charge in [-0.1, -0.05) is 24.2 Å². The van der Waals surface area contributed by atoms with Crippen molar-refractivity contribution in [1.29, 1.82) is 0 Å². The van der Waals surface area contributed by atoms with Gasteiger partial charge in [-0.2, -0.15) is 0 Å². The Labute approximate surface area is 100 Å². The average Bonchev–Trinajstić information content (AvgIpc) is 2.77. The lowest BCUT2D eigenvalue weighted by atomic mass is 10.1. The third-order valence-corrected chi connectivity index (χ3v) is 2.38. The van der Waals surface area contributed by atoms with Gasteiger partial charge in [0.1, 0.15) is 0 Å². The van der Waals surface area contributed by atoms with Gasteiger partial charge in [-0.15, -0.1) is 5.10 Å². The summed E-state index contributed by atoms with van der Waals surface area (Å²) < 4.78 is 5.41. The molecule has 0 aliphatic heterocycles. The van der Waals surface area contributed by atoms with E-state index in [1.54, 1.807) is 0 Å². The molecule has 1 aromatic heterocycles. The van der Waals surface area contributed by atoms with Crippen LogP contribution in [0.1, 0.15) is 18.4 Å².